The maximum Gasteiger partial charge on any atom is 0.192 e. The highest BCUT2D eigenvalue weighted by Crippen LogP contribution is 2.59. The van der Waals surface area contributed by atoms with Crippen molar-refractivity contribution in [1.29, 1.82) is 0 Å². The number of hydrogen-bond donors (Lipinski definition) is 0. The van der Waals surface area contributed by atoms with Crippen molar-refractivity contribution in [3.63, 3.8) is 0 Å². The third-order valence-corrected chi connectivity index (χ3v) is 14.7. The third kappa shape index (κ3) is 3.79. The number of rotatable bonds is 7. The maximum atomic E-state index is 13.2. The monoisotopic (exact) mass is 404 g/mol. The Hall–Kier alpha value is -0.153. The summed E-state index contributed by atoms with van der Waals surface area (Å²) < 4.78 is 6.40. The Kier molecular flexibility index (Phi) is 6.72. The molecule has 4 aliphatic carbocycles. The minimum Gasteiger partial charge on any atom is -0.410 e. The minimum atomic E-state index is -1.64. The molecule has 4 saturated carbocycles. The normalized spacial score (nSPS) is 40.5. The van der Waals surface area contributed by atoms with Gasteiger partial charge >= 0.3 is 0 Å². The first-order valence-corrected chi connectivity index (χ1v) is 15.3. The Morgan fingerprint density at radius 2 is 1.29 bits per heavy atom. The summed E-state index contributed by atoms with van der Waals surface area (Å²) in [6.45, 7) is 7.21. The second-order valence-electron chi connectivity index (χ2n) is 10.7. The van der Waals surface area contributed by atoms with Gasteiger partial charge in [-0.1, -0.05) is 40.0 Å². The van der Waals surface area contributed by atoms with Crippen LogP contribution in [0.15, 0.2) is 0 Å². The van der Waals surface area contributed by atoms with E-state index in [1.165, 1.54) is 57.8 Å². The lowest BCUT2D eigenvalue weighted by Crippen LogP contribution is -2.45. The smallest absolute Gasteiger partial charge is 0.192 e. The Balaban J connectivity index is 1.38. The quantitative estimate of drug-likeness (QED) is 0.434. The minimum absolute atomic E-state index is 0.326. The molecule has 0 saturated heterocycles. The molecule has 0 N–H and O–H groups in total. The van der Waals surface area contributed by atoms with E-state index in [0.717, 1.165) is 54.1 Å². The molecule has 0 aromatic carbocycles. The first-order chi connectivity index (χ1) is 13.6. The van der Waals surface area contributed by atoms with E-state index in [4.69, 9.17) is 4.43 Å². The summed E-state index contributed by atoms with van der Waals surface area (Å²) in [5.74, 6) is 6.39. The molecular weight excluding hydrogens is 360 g/mol. The summed E-state index contributed by atoms with van der Waals surface area (Å²) in [5, 5.41) is 0. The highest BCUT2D eigenvalue weighted by Gasteiger charge is 2.52. The molecule has 4 fully saturated rings. The van der Waals surface area contributed by atoms with E-state index in [-0.39, 0.29) is 0 Å². The van der Waals surface area contributed by atoms with Crippen molar-refractivity contribution in [3.05, 3.63) is 0 Å². The van der Waals surface area contributed by atoms with Gasteiger partial charge in [0.25, 0.3) is 0 Å². The molecule has 0 bridgehead atoms. The van der Waals surface area contributed by atoms with Gasteiger partial charge in [-0.15, -0.1) is 0 Å². The molecule has 0 aromatic rings. The molecule has 4 rings (SSSR count). The molecule has 160 valence electrons. The lowest BCUT2D eigenvalue weighted by atomic mass is 9.53. The molecule has 0 aliphatic heterocycles. The second-order valence-corrected chi connectivity index (χ2v) is 15.5. The zero-order valence-corrected chi connectivity index (χ0v) is 19.8. The van der Waals surface area contributed by atoms with Crippen molar-refractivity contribution in [2.45, 2.75) is 103 Å². The summed E-state index contributed by atoms with van der Waals surface area (Å²) in [6.07, 6.45) is 14.2. The molecule has 0 heterocycles. The Bertz CT molecular complexity index is 534. The highest BCUT2D eigenvalue weighted by molar-refractivity contribution is 6.73. The topological polar surface area (TPSA) is 26.3 Å². The van der Waals surface area contributed by atoms with Crippen LogP contribution in [-0.4, -0.2) is 20.7 Å². The second kappa shape index (κ2) is 8.92. The van der Waals surface area contributed by atoms with E-state index in [1.807, 2.05) is 0 Å². The van der Waals surface area contributed by atoms with Crippen molar-refractivity contribution in [1.82, 2.24) is 0 Å². The van der Waals surface area contributed by atoms with Gasteiger partial charge in [-0.05, 0) is 98.6 Å². The van der Waals surface area contributed by atoms with Gasteiger partial charge in [0.05, 0.1) is 6.61 Å². The van der Waals surface area contributed by atoms with E-state index in [2.05, 4.69) is 20.8 Å². The molecule has 7 atom stereocenters. The summed E-state index contributed by atoms with van der Waals surface area (Å²) >= 11 is 0. The van der Waals surface area contributed by atoms with E-state index >= 15 is 0 Å². The summed E-state index contributed by atoms with van der Waals surface area (Å²) in [4.78, 5) is 13.2. The molecule has 4 aliphatic rings. The SMILES string of the molecule is CC[Si](CC)(CC)OCC(=O)C1CCC2C1CCC1C3CCCCC3CCC12. The molecular formula is C25H44O2Si. The van der Waals surface area contributed by atoms with Gasteiger partial charge in [0, 0.05) is 5.92 Å². The van der Waals surface area contributed by atoms with Gasteiger partial charge in [0.1, 0.15) is 0 Å². The number of ketones is 1. The van der Waals surface area contributed by atoms with Gasteiger partial charge in [-0.25, -0.2) is 0 Å². The lowest BCUT2D eigenvalue weighted by Gasteiger charge is -2.52. The van der Waals surface area contributed by atoms with E-state index in [9.17, 15) is 4.79 Å². The Morgan fingerprint density at radius 1 is 0.714 bits per heavy atom. The average Bonchev–Trinajstić information content (AvgIpc) is 3.19. The van der Waals surface area contributed by atoms with Gasteiger partial charge in [-0.3, -0.25) is 4.79 Å². The first-order valence-electron chi connectivity index (χ1n) is 12.8. The van der Waals surface area contributed by atoms with Crippen molar-refractivity contribution in [2.24, 2.45) is 41.4 Å². The summed E-state index contributed by atoms with van der Waals surface area (Å²) in [6, 6.07) is 3.45. The molecule has 28 heavy (non-hydrogen) atoms. The zero-order valence-electron chi connectivity index (χ0n) is 18.8. The molecule has 0 spiro atoms. The summed E-state index contributed by atoms with van der Waals surface area (Å²) in [7, 11) is -1.64. The van der Waals surface area contributed by atoms with Gasteiger partial charge in [0.2, 0.25) is 0 Å². The number of carbonyl (C=O) groups excluding carboxylic acids is 1. The highest BCUT2D eigenvalue weighted by atomic mass is 28.4. The summed E-state index contributed by atoms with van der Waals surface area (Å²) in [5.41, 5.74) is 0. The van der Waals surface area contributed by atoms with Crippen LogP contribution in [0.1, 0.15) is 85.0 Å². The van der Waals surface area contributed by atoms with Crippen molar-refractivity contribution in [3.8, 4) is 0 Å². The van der Waals surface area contributed by atoms with Crippen LogP contribution in [0.5, 0.6) is 0 Å². The van der Waals surface area contributed by atoms with Crippen LogP contribution in [0.4, 0.5) is 0 Å². The number of Topliss-reactive ketones (excluding diaryl/α,β-unsaturated/α-hetero) is 1. The van der Waals surface area contributed by atoms with Gasteiger partial charge < -0.3 is 4.43 Å². The third-order valence-electron chi connectivity index (χ3n) is 10.1. The molecule has 0 aromatic heterocycles. The number of carbonyl (C=O) groups is 1. The fourth-order valence-electron chi connectivity index (χ4n) is 8.27. The number of fused-ring (bicyclic) bond motifs is 5. The predicted molar refractivity (Wildman–Crippen MR) is 119 cm³/mol. The first kappa shape index (κ1) is 21.1. The van der Waals surface area contributed by atoms with Crippen LogP contribution in [-0.2, 0) is 9.22 Å². The molecule has 3 heteroatoms. The van der Waals surface area contributed by atoms with E-state index < -0.39 is 8.32 Å². The maximum absolute atomic E-state index is 13.2. The zero-order chi connectivity index (χ0) is 19.7. The van der Waals surface area contributed by atoms with Crippen LogP contribution in [0.2, 0.25) is 18.1 Å². The van der Waals surface area contributed by atoms with Gasteiger partial charge in [-0.2, -0.15) is 0 Å². The fourth-order valence-corrected chi connectivity index (χ4v) is 10.8. The van der Waals surface area contributed by atoms with Crippen LogP contribution in [0.25, 0.3) is 0 Å². The lowest BCUT2D eigenvalue weighted by molar-refractivity contribution is -0.127. The van der Waals surface area contributed by atoms with Crippen LogP contribution in [0.3, 0.4) is 0 Å². The molecule has 7 unspecified atom stereocenters. The largest absolute Gasteiger partial charge is 0.410 e. The average molecular weight is 405 g/mol. The predicted octanol–water partition coefficient (Wildman–Crippen LogP) is 6.85. The van der Waals surface area contributed by atoms with Crippen LogP contribution in [0, 0.1) is 41.4 Å². The Labute approximate surface area is 174 Å². The van der Waals surface area contributed by atoms with E-state index in [1.54, 1.807) is 0 Å². The van der Waals surface area contributed by atoms with Crippen LogP contribution < -0.4 is 0 Å². The van der Waals surface area contributed by atoms with Crippen molar-refractivity contribution in [2.75, 3.05) is 6.61 Å². The van der Waals surface area contributed by atoms with Crippen molar-refractivity contribution >= 4 is 14.1 Å². The van der Waals surface area contributed by atoms with Gasteiger partial charge in [0.15, 0.2) is 14.1 Å². The standard InChI is InChI=1S/C25H44O2Si/c1-4-28(5-2,6-3)27-17-25(26)24-16-15-22-21-12-11-18-9-7-8-10-19(18)20(21)13-14-23(22)24/h18-24H,4-17H2,1-3H3. The number of hydrogen-bond acceptors (Lipinski definition) is 2. The van der Waals surface area contributed by atoms with E-state index in [0.29, 0.717) is 24.2 Å². The molecule has 2 nitrogen and oxygen atoms in total. The van der Waals surface area contributed by atoms with Crippen molar-refractivity contribution < 1.29 is 9.22 Å². The fraction of sp³-hybridized carbons (Fsp3) is 0.960. The van der Waals surface area contributed by atoms with Crippen LogP contribution >= 0.6 is 0 Å². The molecule has 0 amide bonds. The Morgan fingerprint density at radius 3 is 2.04 bits per heavy atom. The molecule has 0 radical (unpaired) electrons.